The third kappa shape index (κ3) is 2.67. The average molecular weight is 143 g/mol. The van der Waals surface area contributed by atoms with Crippen LogP contribution in [0.4, 0.5) is 0 Å². The summed E-state index contributed by atoms with van der Waals surface area (Å²) in [6, 6.07) is 0. The van der Waals surface area contributed by atoms with E-state index in [9.17, 15) is 0 Å². The molecule has 0 aliphatic carbocycles. The van der Waals surface area contributed by atoms with Crippen LogP contribution >= 0.6 is 0 Å². The molecule has 0 atom stereocenters. The maximum absolute atomic E-state index is 5.02. The van der Waals surface area contributed by atoms with Crippen LogP contribution < -0.4 is 5.32 Å². The first kappa shape index (κ1) is 8.02. The van der Waals surface area contributed by atoms with Crippen molar-refractivity contribution in [1.82, 2.24) is 5.32 Å². The molecular weight excluding hydrogens is 126 g/mol. The van der Waals surface area contributed by atoms with E-state index < -0.39 is 0 Å². The summed E-state index contributed by atoms with van der Waals surface area (Å²) >= 11 is 0. The van der Waals surface area contributed by atoms with Crippen molar-refractivity contribution in [3.8, 4) is 0 Å². The first-order valence-corrected chi connectivity index (χ1v) is 4.13. The van der Waals surface area contributed by atoms with Gasteiger partial charge in [-0.3, -0.25) is 0 Å². The molecule has 10 heavy (non-hydrogen) atoms. The molecule has 0 bridgehead atoms. The van der Waals surface area contributed by atoms with E-state index in [0.717, 1.165) is 12.5 Å². The second-order valence-corrected chi connectivity index (χ2v) is 2.97. The predicted octanol–water partition coefficient (Wildman–Crippen LogP) is 1.02. The Kier molecular flexibility index (Phi) is 3.76. The Bertz CT molecular complexity index is 79.3. The van der Waals surface area contributed by atoms with Crippen molar-refractivity contribution >= 4 is 0 Å². The molecule has 0 saturated carbocycles. The lowest BCUT2D eigenvalue weighted by molar-refractivity contribution is 0.168. The summed E-state index contributed by atoms with van der Waals surface area (Å²) in [6.07, 6.45) is 3.92. The zero-order valence-electron chi connectivity index (χ0n) is 6.73. The third-order valence-corrected chi connectivity index (χ3v) is 2.19. The fourth-order valence-electron chi connectivity index (χ4n) is 1.45. The summed E-state index contributed by atoms with van der Waals surface area (Å²) in [5.41, 5.74) is 0. The van der Waals surface area contributed by atoms with Crippen LogP contribution in [0.3, 0.4) is 0 Å². The lowest BCUT2D eigenvalue weighted by Gasteiger charge is -2.21. The zero-order valence-corrected chi connectivity index (χ0v) is 6.73. The highest BCUT2D eigenvalue weighted by Gasteiger charge is 2.11. The Labute approximate surface area is 63.0 Å². The van der Waals surface area contributed by atoms with E-state index in [0.29, 0.717) is 0 Å². The lowest BCUT2D eigenvalue weighted by atomic mass is 9.95. The van der Waals surface area contributed by atoms with Gasteiger partial charge in [0, 0.05) is 13.7 Å². The Balaban J connectivity index is 2.02. The van der Waals surface area contributed by atoms with Crippen molar-refractivity contribution in [1.29, 1.82) is 0 Å². The standard InChI is InChI=1S/C8H17NO/c1-10-7-4-8-2-5-9-6-3-8/h8-9H,2-7H2,1H3. The molecule has 2 nitrogen and oxygen atoms in total. The van der Waals surface area contributed by atoms with Crippen LogP contribution in [-0.2, 0) is 4.74 Å². The molecule has 0 aromatic heterocycles. The molecule has 1 N–H and O–H groups in total. The van der Waals surface area contributed by atoms with E-state index in [1.165, 1.54) is 32.4 Å². The van der Waals surface area contributed by atoms with Crippen LogP contribution in [0.15, 0.2) is 0 Å². The van der Waals surface area contributed by atoms with Gasteiger partial charge in [0.25, 0.3) is 0 Å². The van der Waals surface area contributed by atoms with E-state index >= 15 is 0 Å². The van der Waals surface area contributed by atoms with Crippen LogP contribution in [-0.4, -0.2) is 26.8 Å². The van der Waals surface area contributed by atoms with E-state index in [2.05, 4.69) is 5.32 Å². The van der Waals surface area contributed by atoms with Crippen molar-refractivity contribution in [3.05, 3.63) is 0 Å². The topological polar surface area (TPSA) is 21.3 Å². The quantitative estimate of drug-likeness (QED) is 0.637. The minimum Gasteiger partial charge on any atom is -0.385 e. The van der Waals surface area contributed by atoms with Gasteiger partial charge in [-0.15, -0.1) is 0 Å². The molecule has 0 aromatic rings. The SMILES string of the molecule is COCCC1CCNCC1. The number of rotatable bonds is 3. The molecule has 0 spiro atoms. The van der Waals surface area contributed by atoms with E-state index in [1.54, 1.807) is 7.11 Å². The minimum atomic E-state index is 0.918. The fourth-order valence-corrected chi connectivity index (χ4v) is 1.45. The van der Waals surface area contributed by atoms with Crippen molar-refractivity contribution in [2.24, 2.45) is 5.92 Å². The van der Waals surface area contributed by atoms with Gasteiger partial charge in [0.05, 0.1) is 0 Å². The second-order valence-electron chi connectivity index (χ2n) is 2.97. The molecule has 60 valence electrons. The minimum absolute atomic E-state index is 0.918. The normalized spacial score (nSPS) is 21.3. The van der Waals surface area contributed by atoms with E-state index in [1.807, 2.05) is 0 Å². The molecule has 1 aliphatic rings. The van der Waals surface area contributed by atoms with Crippen molar-refractivity contribution in [2.75, 3.05) is 26.8 Å². The molecule has 1 heterocycles. The Morgan fingerprint density at radius 3 is 2.70 bits per heavy atom. The van der Waals surface area contributed by atoms with Crippen LogP contribution in [0, 0.1) is 5.92 Å². The Morgan fingerprint density at radius 2 is 2.10 bits per heavy atom. The van der Waals surface area contributed by atoms with E-state index in [4.69, 9.17) is 4.74 Å². The molecule has 1 saturated heterocycles. The second kappa shape index (κ2) is 4.69. The van der Waals surface area contributed by atoms with Crippen molar-refractivity contribution < 1.29 is 4.74 Å². The highest BCUT2D eigenvalue weighted by molar-refractivity contribution is 4.67. The summed E-state index contributed by atoms with van der Waals surface area (Å²) in [6.45, 7) is 3.34. The summed E-state index contributed by atoms with van der Waals surface area (Å²) < 4.78 is 5.02. The van der Waals surface area contributed by atoms with Crippen LogP contribution in [0.5, 0.6) is 0 Å². The molecule has 1 rings (SSSR count). The van der Waals surface area contributed by atoms with Gasteiger partial charge in [0.15, 0.2) is 0 Å². The number of piperidine rings is 1. The largest absolute Gasteiger partial charge is 0.385 e. The van der Waals surface area contributed by atoms with Gasteiger partial charge < -0.3 is 10.1 Å². The van der Waals surface area contributed by atoms with Crippen molar-refractivity contribution in [2.45, 2.75) is 19.3 Å². The summed E-state index contributed by atoms with van der Waals surface area (Å²) in [7, 11) is 1.78. The Hall–Kier alpha value is -0.0800. The number of ether oxygens (including phenoxy) is 1. The first-order valence-electron chi connectivity index (χ1n) is 4.13. The van der Waals surface area contributed by atoms with Crippen LogP contribution in [0.1, 0.15) is 19.3 Å². The summed E-state index contributed by atoms with van der Waals surface area (Å²) in [5.74, 6) is 0.918. The average Bonchev–Trinajstić information content (AvgIpc) is 2.03. The number of hydrogen-bond acceptors (Lipinski definition) is 2. The van der Waals surface area contributed by atoms with Gasteiger partial charge in [0.2, 0.25) is 0 Å². The molecule has 0 unspecified atom stereocenters. The molecule has 0 aromatic carbocycles. The predicted molar refractivity (Wildman–Crippen MR) is 42.1 cm³/mol. The van der Waals surface area contributed by atoms with Gasteiger partial charge in [-0.2, -0.15) is 0 Å². The summed E-state index contributed by atoms with van der Waals surface area (Å²) in [4.78, 5) is 0. The zero-order chi connectivity index (χ0) is 7.23. The monoisotopic (exact) mass is 143 g/mol. The highest BCUT2D eigenvalue weighted by Crippen LogP contribution is 2.14. The number of methoxy groups -OCH3 is 1. The van der Waals surface area contributed by atoms with Gasteiger partial charge in [-0.1, -0.05) is 0 Å². The highest BCUT2D eigenvalue weighted by atomic mass is 16.5. The van der Waals surface area contributed by atoms with Crippen LogP contribution in [0.25, 0.3) is 0 Å². The van der Waals surface area contributed by atoms with Crippen LogP contribution in [0.2, 0.25) is 0 Å². The maximum atomic E-state index is 5.02. The molecule has 0 amide bonds. The molecular formula is C8H17NO. The lowest BCUT2D eigenvalue weighted by Crippen LogP contribution is -2.28. The number of nitrogens with one attached hydrogen (secondary N) is 1. The smallest absolute Gasteiger partial charge is 0.0464 e. The Morgan fingerprint density at radius 1 is 1.40 bits per heavy atom. The van der Waals surface area contributed by atoms with Gasteiger partial charge >= 0.3 is 0 Å². The molecule has 0 radical (unpaired) electrons. The van der Waals surface area contributed by atoms with Gasteiger partial charge in [0.1, 0.15) is 0 Å². The maximum Gasteiger partial charge on any atom is 0.0464 e. The third-order valence-electron chi connectivity index (χ3n) is 2.19. The number of hydrogen-bond donors (Lipinski definition) is 1. The first-order chi connectivity index (χ1) is 4.93. The van der Waals surface area contributed by atoms with Gasteiger partial charge in [-0.25, -0.2) is 0 Å². The molecule has 2 heteroatoms. The van der Waals surface area contributed by atoms with Crippen molar-refractivity contribution in [3.63, 3.8) is 0 Å². The molecule has 1 aliphatic heterocycles. The summed E-state index contributed by atoms with van der Waals surface area (Å²) in [5, 5.41) is 3.35. The van der Waals surface area contributed by atoms with Gasteiger partial charge in [-0.05, 0) is 38.3 Å². The van der Waals surface area contributed by atoms with E-state index in [-0.39, 0.29) is 0 Å². The molecule has 1 fully saturated rings. The fraction of sp³-hybridized carbons (Fsp3) is 1.00.